The van der Waals surface area contributed by atoms with Crippen LogP contribution in [0.3, 0.4) is 0 Å². The molecule has 3 N–H and O–H groups in total. The Balaban J connectivity index is 1.89. The molecule has 2 heterocycles. The first kappa shape index (κ1) is 13.7. The van der Waals surface area contributed by atoms with Crippen LogP contribution in [0.2, 0.25) is 0 Å². The van der Waals surface area contributed by atoms with Crippen molar-refractivity contribution in [1.29, 1.82) is 0 Å². The lowest BCUT2D eigenvalue weighted by Crippen LogP contribution is -2.09. The number of rotatable bonds is 8. The summed E-state index contributed by atoms with van der Waals surface area (Å²) in [5.41, 5.74) is 5.63. The van der Waals surface area contributed by atoms with Crippen LogP contribution in [0.5, 0.6) is 0 Å². The maximum atomic E-state index is 5.63. The number of aromatic amines is 1. The zero-order valence-corrected chi connectivity index (χ0v) is 11.3. The molecule has 104 valence electrons. The highest BCUT2D eigenvalue weighted by Gasteiger charge is 2.13. The highest BCUT2D eigenvalue weighted by molar-refractivity contribution is 5.40. The molecule has 0 aromatic carbocycles. The van der Waals surface area contributed by atoms with E-state index in [-0.39, 0.29) is 0 Å². The van der Waals surface area contributed by atoms with Gasteiger partial charge in [0.2, 0.25) is 11.7 Å². The van der Waals surface area contributed by atoms with E-state index in [0.29, 0.717) is 23.5 Å². The summed E-state index contributed by atoms with van der Waals surface area (Å²) >= 11 is 0. The van der Waals surface area contributed by atoms with Crippen LogP contribution in [-0.4, -0.2) is 26.7 Å². The SMILES string of the molecule is CCCC(CCN)CCc1nc(-c2ncc[nH]2)no1. The Morgan fingerprint density at radius 1 is 1.37 bits per heavy atom. The van der Waals surface area contributed by atoms with E-state index in [2.05, 4.69) is 27.0 Å². The minimum Gasteiger partial charge on any atom is -0.342 e. The van der Waals surface area contributed by atoms with Crippen molar-refractivity contribution >= 4 is 0 Å². The van der Waals surface area contributed by atoms with Gasteiger partial charge in [0.1, 0.15) is 0 Å². The Kier molecular flexibility index (Phi) is 5.09. The fourth-order valence-electron chi connectivity index (χ4n) is 2.24. The maximum Gasteiger partial charge on any atom is 0.238 e. The van der Waals surface area contributed by atoms with E-state index in [1.54, 1.807) is 12.4 Å². The van der Waals surface area contributed by atoms with Crippen LogP contribution in [0.25, 0.3) is 11.6 Å². The number of nitrogens with two attached hydrogens (primary N) is 1. The van der Waals surface area contributed by atoms with Crippen LogP contribution in [0, 0.1) is 5.92 Å². The summed E-state index contributed by atoms with van der Waals surface area (Å²) in [6.07, 6.45) is 8.71. The summed E-state index contributed by atoms with van der Waals surface area (Å²) < 4.78 is 5.24. The van der Waals surface area contributed by atoms with Crippen molar-refractivity contribution in [1.82, 2.24) is 20.1 Å². The minimum atomic E-state index is 0.519. The molecule has 0 amide bonds. The number of aryl methyl sites for hydroxylation is 1. The first-order chi connectivity index (χ1) is 9.33. The largest absolute Gasteiger partial charge is 0.342 e. The average molecular weight is 263 g/mol. The molecule has 2 aromatic heterocycles. The lowest BCUT2D eigenvalue weighted by molar-refractivity contribution is 0.349. The fraction of sp³-hybridized carbons (Fsp3) is 0.615. The summed E-state index contributed by atoms with van der Waals surface area (Å²) in [5.74, 6) is 2.48. The Morgan fingerprint density at radius 3 is 2.95 bits per heavy atom. The Labute approximate surface area is 112 Å². The molecule has 0 saturated carbocycles. The molecule has 0 aliphatic rings. The summed E-state index contributed by atoms with van der Waals surface area (Å²) in [6, 6.07) is 0. The van der Waals surface area contributed by atoms with Crippen LogP contribution in [0.1, 0.15) is 38.5 Å². The van der Waals surface area contributed by atoms with Gasteiger partial charge in [-0.1, -0.05) is 24.9 Å². The maximum absolute atomic E-state index is 5.63. The van der Waals surface area contributed by atoms with Gasteiger partial charge in [0, 0.05) is 18.8 Å². The van der Waals surface area contributed by atoms with E-state index >= 15 is 0 Å². The van der Waals surface area contributed by atoms with E-state index in [0.717, 1.165) is 25.8 Å². The van der Waals surface area contributed by atoms with Crippen molar-refractivity contribution in [2.75, 3.05) is 6.54 Å². The lowest BCUT2D eigenvalue weighted by Gasteiger charge is -2.13. The van der Waals surface area contributed by atoms with Crippen LogP contribution >= 0.6 is 0 Å². The van der Waals surface area contributed by atoms with E-state index in [4.69, 9.17) is 10.3 Å². The van der Waals surface area contributed by atoms with Crippen molar-refractivity contribution in [3.05, 3.63) is 18.3 Å². The fourth-order valence-corrected chi connectivity index (χ4v) is 2.24. The van der Waals surface area contributed by atoms with Gasteiger partial charge in [0.05, 0.1) is 0 Å². The number of imidazole rings is 1. The monoisotopic (exact) mass is 263 g/mol. The first-order valence-corrected chi connectivity index (χ1v) is 6.85. The van der Waals surface area contributed by atoms with Crippen LogP contribution < -0.4 is 5.73 Å². The van der Waals surface area contributed by atoms with Crippen molar-refractivity contribution in [2.24, 2.45) is 11.7 Å². The normalized spacial score (nSPS) is 12.7. The standard InChI is InChI=1S/C13H21N5O/c1-2-3-10(6-7-14)4-5-11-17-13(18-19-11)12-15-8-9-16-12/h8-10H,2-7,14H2,1H3,(H,15,16). The van der Waals surface area contributed by atoms with Gasteiger partial charge in [-0.3, -0.25) is 0 Å². The molecule has 6 heteroatoms. The third-order valence-corrected chi connectivity index (χ3v) is 3.22. The van der Waals surface area contributed by atoms with Crippen molar-refractivity contribution in [3.8, 4) is 11.6 Å². The molecule has 6 nitrogen and oxygen atoms in total. The molecule has 1 unspecified atom stereocenters. The molecule has 0 aliphatic heterocycles. The number of aromatic nitrogens is 4. The van der Waals surface area contributed by atoms with E-state index in [1.807, 2.05) is 0 Å². The Hall–Kier alpha value is -1.69. The highest BCUT2D eigenvalue weighted by Crippen LogP contribution is 2.18. The second-order valence-electron chi connectivity index (χ2n) is 4.72. The molecule has 0 saturated heterocycles. The minimum absolute atomic E-state index is 0.519. The van der Waals surface area contributed by atoms with E-state index in [9.17, 15) is 0 Å². The summed E-state index contributed by atoms with van der Waals surface area (Å²) in [7, 11) is 0. The van der Waals surface area contributed by atoms with Crippen molar-refractivity contribution in [2.45, 2.75) is 39.0 Å². The molecule has 0 radical (unpaired) electrons. The van der Waals surface area contributed by atoms with Gasteiger partial charge in [-0.05, 0) is 25.3 Å². The summed E-state index contributed by atoms with van der Waals surface area (Å²) in [5, 5.41) is 3.92. The quantitative estimate of drug-likeness (QED) is 0.761. The summed E-state index contributed by atoms with van der Waals surface area (Å²) in [6.45, 7) is 2.94. The smallest absolute Gasteiger partial charge is 0.238 e. The van der Waals surface area contributed by atoms with Crippen LogP contribution in [0.4, 0.5) is 0 Å². The Bertz CT molecular complexity index is 459. The second-order valence-corrected chi connectivity index (χ2v) is 4.72. The van der Waals surface area contributed by atoms with Crippen LogP contribution in [-0.2, 0) is 6.42 Å². The molecular weight excluding hydrogens is 242 g/mol. The predicted octanol–water partition coefficient (Wildman–Crippen LogP) is 2.16. The number of hydrogen-bond acceptors (Lipinski definition) is 5. The van der Waals surface area contributed by atoms with Gasteiger partial charge in [-0.25, -0.2) is 4.98 Å². The van der Waals surface area contributed by atoms with Gasteiger partial charge >= 0.3 is 0 Å². The number of hydrogen-bond donors (Lipinski definition) is 2. The molecular formula is C13H21N5O. The number of nitrogens with one attached hydrogen (secondary N) is 1. The molecule has 2 rings (SSSR count). The third kappa shape index (κ3) is 3.89. The van der Waals surface area contributed by atoms with Gasteiger partial charge in [0.15, 0.2) is 5.82 Å². The van der Waals surface area contributed by atoms with Crippen LogP contribution in [0.15, 0.2) is 16.9 Å². The molecule has 0 spiro atoms. The molecule has 1 atom stereocenters. The van der Waals surface area contributed by atoms with E-state index in [1.165, 1.54) is 12.8 Å². The summed E-state index contributed by atoms with van der Waals surface area (Å²) in [4.78, 5) is 11.4. The van der Waals surface area contributed by atoms with E-state index < -0.39 is 0 Å². The number of nitrogens with zero attached hydrogens (tertiary/aromatic N) is 3. The Morgan fingerprint density at radius 2 is 2.26 bits per heavy atom. The topological polar surface area (TPSA) is 93.6 Å². The number of H-pyrrole nitrogens is 1. The first-order valence-electron chi connectivity index (χ1n) is 6.85. The van der Waals surface area contributed by atoms with Gasteiger partial charge in [0.25, 0.3) is 0 Å². The molecule has 0 aliphatic carbocycles. The lowest BCUT2D eigenvalue weighted by atomic mass is 9.94. The van der Waals surface area contributed by atoms with Crippen molar-refractivity contribution < 1.29 is 4.52 Å². The third-order valence-electron chi connectivity index (χ3n) is 3.22. The molecule has 0 bridgehead atoms. The zero-order valence-electron chi connectivity index (χ0n) is 11.3. The van der Waals surface area contributed by atoms with Crippen molar-refractivity contribution in [3.63, 3.8) is 0 Å². The molecule has 19 heavy (non-hydrogen) atoms. The average Bonchev–Trinajstić information content (AvgIpc) is 3.07. The predicted molar refractivity (Wildman–Crippen MR) is 72.3 cm³/mol. The zero-order chi connectivity index (χ0) is 13.5. The highest BCUT2D eigenvalue weighted by atomic mass is 16.5. The molecule has 0 fully saturated rings. The van der Waals surface area contributed by atoms with Gasteiger partial charge < -0.3 is 15.2 Å². The van der Waals surface area contributed by atoms with Gasteiger partial charge in [-0.15, -0.1) is 0 Å². The second kappa shape index (κ2) is 7.04. The molecule has 2 aromatic rings. The van der Waals surface area contributed by atoms with Gasteiger partial charge in [-0.2, -0.15) is 4.98 Å².